The molecule has 1 heterocycles. The summed E-state index contributed by atoms with van der Waals surface area (Å²) in [6.07, 6.45) is 0. The number of rotatable bonds is 6. The molecular weight excluding hydrogens is 314 g/mol. The molecule has 1 amide bonds. The number of benzene rings is 1. The van der Waals surface area contributed by atoms with E-state index >= 15 is 0 Å². The Labute approximate surface area is 138 Å². The molecular formula is C15H19N5O2S. The van der Waals surface area contributed by atoms with Crippen LogP contribution in [0.1, 0.15) is 44.1 Å². The van der Waals surface area contributed by atoms with Crippen LogP contribution < -0.4 is 5.32 Å². The van der Waals surface area contributed by atoms with Crippen LogP contribution in [0.25, 0.3) is 0 Å². The maximum atomic E-state index is 12.3. The Morgan fingerprint density at radius 1 is 1.17 bits per heavy atom. The van der Waals surface area contributed by atoms with Crippen LogP contribution in [0.2, 0.25) is 0 Å². The lowest BCUT2D eigenvalue weighted by atomic mass is 10.1. The highest BCUT2D eigenvalue weighted by molar-refractivity contribution is 8.00. The number of carbonyl (C=O) groups is 2. The first-order chi connectivity index (χ1) is 10.9. The second-order valence-corrected chi connectivity index (χ2v) is 6.69. The molecule has 0 unspecified atom stereocenters. The first kappa shape index (κ1) is 17.1. The van der Waals surface area contributed by atoms with Gasteiger partial charge in [0, 0.05) is 11.3 Å². The van der Waals surface area contributed by atoms with E-state index in [-0.39, 0.29) is 23.0 Å². The standard InChI is InChI=1S/C15H19N5O2S/c1-9(2)20-15(17-18-19-20)23-11(4)14(22)16-13-7-5-12(6-8-13)10(3)21/h5-9,11H,1-4H3,(H,16,22)/t11-/m1/s1. The van der Waals surface area contributed by atoms with Gasteiger partial charge in [-0.15, -0.1) is 5.10 Å². The zero-order chi connectivity index (χ0) is 17.0. The summed E-state index contributed by atoms with van der Waals surface area (Å²) in [4.78, 5) is 23.5. The predicted octanol–water partition coefficient (Wildman–Crippen LogP) is 2.58. The van der Waals surface area contributed by atoms with E-state index in [0.717, 1.165) is 0 Å². The monoisotopic (exact) mass is 333 g/mol. The molecule has 122 valence electrons. The minimum atomic E-state index is -0.356. The molecule has 1 atom stereocenters. The minimum absolute atomic E-state index is 0.00711. The fourth-order valence-electron chi connectivity index (χ4n) is 1.83. The van der Waals surface area contributed by atoms with E-state index in [1.165, 1.54) is 18.7 Å². The second-order valence-electron chi connectivity index (χ2n) is 5.38. The van der Waals surface area contributed by atoms with Gasteiger partial charge in [-0.3, -0.25) is 9.59 Å². The van der Waals surface area contributed by atoms with Crippen LogP contribution in [-0.2, 0) is 4.79 Å². The number of carbonyl (C=O) groups excluding carboxylic acids is 2. The van der Waals surface area contributed by atoms with Crippen molar-refractivity contribution in [3.8, 4) is 0 Å². The van der Waals surface area contributed by atoms with Crippen molar-refractivity contribution in [3.05, 3.63) is 29.8 Å². The SMILES string of the molecule is CC(=O)c1ccc(NC(=O)[C@@H](C)Sc2nnnn2C(C)C)cc1. The molecule has 0 radical (unpaired) electrons. The van der Waals surface area contributed by atoms with Crippen LogP contribution >= 0.6 is 11.8 Å². The molecule has 0 spiro atoms. The van der Waals surface area contributed by atoms with E-state index < -0.39 is 0 Å². The van der Waals surface area contributed by atoms with Gasteiger partial charge in [0.2, 0.25) is 11.1 Å². The van der Waals surface area contributed by atoms with Gasteiger partial charge in [0.05, 0.1) is 11.3 Å². The molecule has 7 nitrogen and oxygen atoms in total. The number of hydrogen-bond acceptors (Lipinski definition) is 6. The number of ketones is 1. The molecule has 1 aromatic heterocycles. The van der Waals surface area contributed by atoms with Crippen LogP contribution in [0.3, 0.4) is 0 Å². The predicted molar refractivity (Wildman–Crippen MR) is 88.6 cm³/mol. The molecule has 0 aliphatic heterocycles. The Bertz CT molecular complexity index is 696. The molecule has 0 aliphatic rings. The lowest BCUT2D eigenvalue weighted by Crippen LogP contribution is -2.23. The van der Waals surface area contributed by atoms with E-state index in [4.69, 9.17) is 0 Å². The largest absolute Gasteiger partial charge is 0.325 e. The van der Waals surface area contributed by atoms with Crippen molar-refractivity contribution in [3.63, 3.8) is 0 Å². The molecule has 0 saturated carbocycles. The van der Waals surface area contributed by atoms with Crippen molar-refractivity contribution >= 4 is 29.1 Å². The van der Waals surface area contributed by atoms with Crippen molar-refractivity contribution in [1.29, 1.82) is 0 Å². The molecule has 1 N–H and O–H groups in total. The third-order valence-corrected chi connectivity index (χ3v) is 4.21. The molecule has 8 heteroatoms. The van der Waals surface area contributed by atoms with E-state index in [1.807, 2.05) is 13.8 Å². The molecule has 0 bridgehead atoms. The number of nitrogens with zero attached hydrogens (tertiary/aromatic N) is 4. The molecule has 23 heavy (non-hydrogen) atoms. The molecule has 2 rings (SSSR count). The highest BCUT2D eigenvalue weighted by Crippen LogP contribution is 2.23. The fourth-order valence-corrected chi connectivity index (χ4v) is 2.75. The first-order valence-electron chi connectivity index (χ1n) is 7.25. The van der Waals surface area contributed by atoms with Crippen molar-refractivity contribution in [2.45, 2.75) is 44.1 Å². The Morgan fingerprint density at radius 3 is 2.39 bits per heavy atom. The summed E-state index contributed by atoms with van der Waals surface area (Å²) < 4.78 is 1.68. The van der Waals surface area contributed by atoms with E-state index in [9.17, 15) is 9.59 Å². The smallest absolute Gasteiger partial charge is 0.237 e. The zero-order valence-corrected chi connectivity index (χ0v) is 14.3. The van der Waals surface area contributed by atoms with Crippen LogP contribution in [0.15, 0.2) is 29.4 Å². The number of thioether (sulfide) groups is 1. The Balaban J connectivity index is 1.99. The van der Waals surface area contributed by atoms with E-state index in [0.29, 0.717) is 16.4 Å². The van der Waals surface area contributed by atoms with Gasteiger partial charge < -0.3 is 5.32 Å². The van der Waals surface area contributed by atoms with Gasteiger partial charge in [0.15, 0.2) is 5.78 Å². The highest BCUT2D eigenvalue weighted by atomic mass is 32.2. The van der Waals surface area contributed by atoms with Crippen molar-refractivity contribution in [2.75, 3.05) is 5.32 Å². The number of tetrazole rings is 1. The molecule has 0 fully saturated rings. The lowest BCUT2D eigenvalue weighted by molar-refractivity contribution is -0.115. The number of anilines is 1. The summed E-state index contributed by atoms with van der Waals surface area (Å²) in [6, 6.07) is 6.93. The zero-order valence-electron chi connectivity index (χ0n) is 13.5. The van der Waals surface area contributed by atoms with Crippen LogP contribution in [-0.4, -0.2) is 37.1 Å². The summed E-state index contributed by atoms with van der Waals surface area (Å²) in [6.45, 7) is 7.25. The van der Waals surface area contributed by atoms with Crippen molar-refractivity contribution < 1.29 is 9.59 Å². The number of amides is 1. The maximum Gasteiger partial charge on any atom is 0.237 e. The number of aromatic nitrogens is 4. The van der Waals surface area contributed by atoms with Gasteiger partial charge in [-0.25, -0.2) is 4.68 Å². The van der Waals surface area contributed by atoms with E-state index in [1.54, 1.807) is 35.9 Å². The first-order valence-corrected chi connectivity index (χ1v) is 8.13. The summed E-state index contributed by atoms with van der Waals surface area (Å²) in [5.74, 6) is -0.156. The Morgan fingerprint density at radius 2 is 1.83 bits per heavy atom. The van der Waals surface area contributed by atoms with Crippen LogP contribution in [0.4, 0.5) is 5.69 Å². The van der Waals surface area contributed by atoms with Gasteiger partial charge in [-0.2, -0.15) is 0 Å². The molecule has 0 aliphatic carbocycles. The van der Waals surface area contributed by atoms with Gasteiger partial charge in [-0.1, -0.05) is 11.8 Å². The normalized spacial score (nSPS) is 12.2. The molecule has 1 aromatic carbocycles. The van der Waals surface area contributed by atoms with Crippen molar-refractivity contribution in [2.24, 2.45) is 0 Å². The molecule has 0 saturated heterocycles. The fraction of sp³-hybridized carbons (Fsp3) is 0.400. The number of hydrogen-bond donors (Lipinski definition) is 1. The Hall–Kier alpha value is -2.22. The quantitative estimate of drug-likeness (QED) is 0.645. The average molecular weight is 333 g/mol. The third-order valence-electron chi connectivity index (χ3n) is 3.16. The maximum absolute atomic E-state index is 12.3. The van der Waals surface area contributed by atoms with Gasteiger partial charge >= 0.3 is 0 Å². The number of nitrogens with one attached hydrogen (secondary N) is 1. The summed E-state index contributed by atoms with van der Waals surface area (Å²) in [7, 11) is 0. The van der Waals surface area contributed by atoms with Gasteiger partial charge in [0.25, 0.3) is 0 Å². The van der Waals surface area contributed by atoms with Gasteiger partial charge in [0.1, 0.15) is 0 Å². The second kappa shape index (κ2) is 7.36. The topological polar surface area (TPSA) is 89.8 Å². The lowest BCUT2D eigenvalue weighted by Gasteiger charge is -2.13. The van der Waals surface area contributed by atoms with Crippen molar-refractivity contribution in [1.82, 2.24) is 20.2 Å². The average Bonchev–Trinajstić information content (AvgIpc) is 2.96. The molecule has 2 aromatic rings. The van der Waals surface area contributed by atoms with Crippen LogP contribution in [0, 0.1) is 0 Å². The third kappa shape index (κ3) is 4.38. The number of Topliss-reactive ketones (excluding diaryl/α,β-unsaturated/α-hetero) is 1. The van der Waals surface area contributed by atoms with Gasteiger partial charge in [-0.05, 0) is 62.4 Å². The minimum Gasteiger partial charge on any atom is -0.325 e. The summed E-state index contributed by atoms with van der Waals surface area (Å²) >= 11 is 1.30. The highest BCUT2D eigenvalue weighted by Gasteiger charge is 2.19. The Kier molecular flexibility index (Phi) is 5.49. The van der Waals surface area contributed by atoms with Crippen LogP contribution in [0.5, 0.6) is 0 Å². The van der Waals surface area contributed by atoms with E-state index in [2.05, 4.69) is 20.8 Å². The summed E-state index contributed by atoms with van der Waals surface area (Å²) in [5, 5.41) is 14.6. The summed E-state index contributed by atoms with van der Waals surface area (Å²) in [5.41, 5.74) is 1.26.